The Morgan fingerprint density at radius 1 is 1.27 bits per heavy atom. The van der Waals surface area contributed by atoms with Crippen LogP contribution in [0.3, 0.4) is 0 Å². The number of nitrogens with zero attached hydrogens (tertiary/aromatic N) is 3. The highest BCUT2D eigenvalue weighted by atomic mass is 32.2. The molecule has 4 nitrogen and oxygen atoms in total. The Bertz CT molecular complexity index is 833. The molecule has 5 heteroatoms. The third kappa shape index (κ3) is 2.96. The van der Waals surface area contributed by atoms with Gasteiger partial charge in [0.1, 0.15) is 0 Å². The van der Waals surface area contributed by atoms with E-state index in [0.29, 0.717) is 0 Å². The van der Waals surface area contributed by atoms with Gasteiger partial charge in [0.05, 0.1) is 23.3 Å². The lowest BCUT2D eigenvalue weighted by molar-refractivity contribution is 0.218. The lowest BCUT2D eigenvalue weighted by Gasteiger charge is -2.09. The van der Waals surface area contributed by atoms with Gasteiger partial charge in [-0.2, -0.15) is 0 Å². The zero-order chi connectivity index (χ0) is 15.4. The van der Waals surface area contributed by atoms with Crippen molar-refractivity contribution in [3.05, 3.63) is 42.2 Å². The van der Waals surface area contributed by atoms with Crippen LogP contribution in [-0.2, 0) is 4.74 Å². The number of thioether (sulfide) groups is 1. The Labute approximate surface area is 133 Å². The van der Waals surface area contributed by atoms with Crippen LogP contribution >= 0.6 is 11.8 Å². The van der Waals surface area contributed by atoms with Crippen LogP contribution in [0.5, 0.6) is 0 Å². The number of hydrogen-bond acceptors (Lipinski definition) is 5. The third-order valence-corrected chi connectivity index (χ3v) is 4.36. The summed E-state index contributed by atoms with van der Waals surface area (Å²) in [4.78, 5) is 14.5. The quantitative estimate of drug-likeness (QED) is 0.313. The van der Waals surface area contributed by atoms with Crippen molar-refractivity contribution < 1.29 is 4.74 Å². The van der Waals surface area contributed by atoms with Crippen LogP contribution in [0.4, 0.5) is 0 Å². The molecule has 0 saturated carbocycles. The molecule has 2 heterocycles. The number of aliphatic imine (C=N–C) groups is 1. The highest BCUT2D eigenvalue weighted by molar-refractivity contribution is 7.99. The highest BCUT2D eigenvalue weighted by Crippen LogP contribution is 2.31. The summed E-state index contributed by atoms with van der Waals surface area (Å²) in [6.07, 6.45) is 3.59. The van der Waals surface area contributed by atoms with Crippen molar-refractivity contribution >= 4 is 39.8 Å². The molecule has 0 spiro atoms. The largest absolute Gasteiger partial charge is 0.384 e. The fourth-order valence-electron chi connectivity index (χ4n) is 2.37. The van der Waals surface area contributed by atoms with Crippen molar-refractivity contribution in [3.63, 3.8) is 0 Å². The second-order valence-electron chi connectivity index (χ2n) is 4.81. The Morgan fingerprint density at radius 3 is 3.00 bits per heavy atom. The van der Waals surface area contributed by atoms with E-state index in [-0.39, 0.29) is 0 Å². The van der Waals surface area contributed by atoms with Gasteiger partial charge in [0.15, 0.2) is 0 Å². The molecule has 112 valence electrons. The van der Waals surface area contributed by atoms with Gasteiger partial charge in [-0.1, -0.05) is 18.2 Å². The van der Waals surface area contributed by atoms with Gasteiger partial charge in [-0.3, -0.25) is 9.98 Å². The summed E-state index contributed by atoms with van der Waals surface area (Å²) in [5.41, 5.74) is 2.71. The van der Waals surface area contributed by atoms with Gasteiger partial charge in [0.25, 0.3) is 0 Å². The number of aromatic nitrogens is 2. The molecule has 0 radical (unpaired) electrons. The van der Waals surface area contributed by atoms with Gasteiger partial charge in [-0.25, -0.2) is 4.98 Å². The van der Waals surface area contributed by atoms with Crippen LogP contribution in [0.2, 0.25) is 0 Å². The van der Waals surface area contributed by atoms with Crippen LogP contribution < -0.4 is 0 Å². The summed E-state index contributed by atoms with van der Waals surface area (Å²) in [7, 11) is 3.47. The fraction of sp³-hybridized carbons (Fsp3) is 0.235. The molecule has 0 aliphatic rings. The third-order valence-electron chi connectivity index (χ3n) is 3.34. The number of benzene rings is 1. The van der Waals surface area contributed by atoms with Crippen molar-refractivity contribution in [3.8, 4) is 0 Å². The zero-order valence-corrected chi connectivity index (χ0v) is 13.4. The summed E-state index contributed by atoms with van der Waals surface area (Å²) >= 11 is 1.77. The maximum atomic E-state index is 5.15. The van der Waals surface area contributed by atoms with Gasteiger partial charge in [-0.05, 0) is 12.1 Å². The minimum absolute atomic E-state index is 0.720. The van der Waals surface area contributed by atoms with Crippen molar-refractivity contribution in [1.29, 1.82) is 0 Å². The van der Waals surface area contributed by atoms with E-state index in [2.05, 4.69) is 34.2 Å². The topological polar surface area (TPSA) is 47.4 Å². The Hall–Kier alpha value is -1.98. The lowest BCUT2D eigenvalue weighted by Crippen LogP contribution is -1.96. The summed E-state index contributed by atoms with van der Waals surface area (Å²) in [5, 5.41) is 2.22. The van der Waals surface area contributed by atoms with Crippen molar-refractivity contribution in [1.82, 2.24) is 9.97 Å². The Balaban J connectivity index is 2.21. The smallest absolute Gasteiger partial charge is 0.0983 e. The minimum Gasteiger partial charge on any atom is -0.384 e. The van der Waals surface area contributed by atoms with E-state index in [4.69, 9.17) is 9.72 Å². The molecule has 0 N–H and O–H groups in total. The molecule has 0 amide bonds. The molecule has 2 aromatic heterocycles. The van der Waals surface area contributed by atoms with Crippen LogP contribution in [0.25, 0.3) is 21.8 Å². The number of methoxy groups -OCH3 is 1. The number of rotatable bonds is 5. The predicted molar refractivity (Wildman–Crippen MR) is 93.2 cm³/mol. The van der Waals surface area contributed by atoms with E-state index in [0.717, 1.165) is 39.9 Å². The number of pyridine rings is 2. The number of fused-ring (bicyclic) bond motifs is 3. The monoisotopic (exact) mass is 311 g/mol. The predicted octanol–water partition coefficient (Wildman–Crippen LogP) is 3.57. The summed E-state index contributed by atoms with van der Waals surface area (Å²) in [5.74, 6) is 0.901. The summed E-state index contributed by atoms with van der Waals surface area (Å²) in [6.45, 7) is 0.720. The van der Waals surface area contributed by atoms with E-state index < -0.39 is 0 Å². The van der Waals surface area contributed by atoms with E-state index in [9.17, 15) is 0 Å². The lowest BCUT2D eigenvalue weighted by atomic mass is 10.1. The van der Waals surface area contributed by atoms with Gasteiger partial charge in [-0.15, -0.1) is 11.8 Å². The molecule has 0 aliphatic heterocycles. The van der Waals surface area contributed by atoms with E-state index in [1.165, 1.54) is 4.90 Å². The Kier molecular flexibility index (Phi) is 4.65. The molecule has 0 bridgehead atoms. The molecule has 0 saturated heterocycles. The average Bonchev–Trinajstić information content (AvgIpc) is 2.55. The molecule has 3 rings (SSSR count). The van der Waals surface area contributed by atoms with Crippen LogP contribution in [-0.4, -0.2) is 42.7 Å². The van der Waals surface area contributed by atoms with Crippen molar-refractivity contribution in [2.45, 2.75) is 4.90 Å². The molecule has 0 fully saturated rings. The second-order valence-corrected chi connectivity index (χ2v) is 5.95. The first-order valence-electron chi connectivity index (χ1n) is 7.06. The number of hydrogen-bond donors (Lipinski definition) is 0. The first-order valence-corrected chi connectivity index (χ1v) is 8.04. The molecule has 3 aromatic rings. The van der Waals surface area contributed by atoms with Crippen molar-refractivity contribution in [2.24, 2.45) is 4.99 Å². The van der Waals surface area contributed by atoms with Gasteiger partial charge >= 0.3 is 0 Å². The molecule has 0 atom stereocenters. The Morgan fingerprint density at radius 2 is 2.18 bits per heavy atom. The van der Waals surface area contributed by atoms with Gasteiger partial charge in [0.2, 0.25) is 0 Å². The van der Waals surface area contributed by atoms with Crippen molar-refractivity contribution in [2.75, 3.05) is 26.5 Å². The molecular weight excluding hydrogens is 294 g/mol. The maximum absolute atomic E-state index is 5.15. The van der Waals surface area contributed by atoms with Crippen LogP contribution in [0, 0.1) is 0 Å². The van der Waals surface area contributed by atoms with E-state index in [1.54, 1.807) is 32.1 Å². The van der Waals surface area contributed by atoms with Gasteiger partial charge in [0, 0.05) is 48.0 Å². The molecule has 1 aromatic carbocycles. The van der Waals surface area contributed by atoms with E-state index in [1.807, 2.05) is 12.3 Å². The molecule has 0 aliphatic carbocycles. The van der Waals surface area contributed by atoms with Crippen LogP contribution in [0.1, 0.15) is 5.69 Å². The van der Waals surface area contributed by atoms with E-state index >= 15 is 0 Å². The fourth-order valence-corrected chi connectivity index (χ4v) is 3.36. The average molecular weight is 311 g/mol. The minimum atomic E-state index is 0.720. The first kappa shape index (κ1) is 14.9. The number of ether oxygens (including phenoxy) is 1. The van der Waals surface area contributed by atoms with Gasteiger partial charge < -0.3 is 4.74 Å². The maximum Gasteiger partial charge on any atom is 0.0983 e. The standard InChI is InChI=1S/C17H17N3OS/c1-18-11-13-10-15(22-9-8-21-2)14-6-5-12-4-3-7-19-16(12)17(14)20-13/h3-7,10-11H,8-9H2,1-2H3. The summed E-state index contributed by atoms with van der Waals surface area (Å²) < 4.78 is 5.15. The summed E-state index contributed by atoms with van der Waals surface area (Å²) in [6, 6.07) is 10.3. The molecule has 22 heavy (non-hydrogen) atoms. The normalized spacial score (nSPS) is 11.7. The molecule has 0 unspecified atom stereocenters. The van der Waals surface area contributed by atoms with Crippen LogP contribution in [0.15, 0.2) is 46.4 Å². The highest BCUT2D eigenvalue weighted by Gasteiger charge is 2.09. The molecular formula is C17H17N3OS. The SMILES string of the molecule is CN=Cc1cc(SCCOC)c2ccc3cccnc3c2n1. The first-order chi connectivity index (χ1) is 10.8. The zero-order valence-electron chi connectivity index (χ0n) is 12.6. The second kappa shape index (κ2) is 6.85.